The number of carbonyl (C=O) groups excluding carboxylic acids is 1. The third kappa shape index (κ3) is 7.22. The summed E-state index contributed by atoms with van der Waals surface area (Å²) >= 11 is 0. The molecule has 0 spiro atoms. The molecule has 1 unspecified atom stereocenters. The number of rotatable bonds is 5. The van der Waals surface area contributed by atoms with Gasteiger partial charge in [-0.1, -0.05) is 18.2 Å². The average Bonchev–Trinajstić information content (AvgIpc) is 3.06. The van der Waals surface area contributed by atoms with Gasteiger partial charge in [0.25, 0.3) is 0 Å². The summed E-state index contributed by atoms with van der Waals surface area (Å²) in [7, 11) is 1.68. The number of methoxy groups -OCH3 is 1. The number of nitrogens with one attached hydrogen (secondary N) is 1. The fourth-order valence-electron chi connectivity index (χ4n) is 3.17. The zero-order chi connectivity index (χ0) is 23.9. The zero-order valence-corrected chi connectivity index (χ0v) is 18.0. The SMILES string of the molecule is COc1ccccc1CN1Cc2ncnn2CC(C(=O)NC(C)C)C1.O=C(O)C(F)(F)F. The predicted molar refractivity (Wildman–Crippen MR) is 108 cm³/mol. The number of fused-ring (bicyclic) bond motifs is 1. The van der Waals surface area contributed by atoms with Crippen molar-refractivity contribution in [3.8, 4) is 5.75 Å². The summed E-state index contributed by atoms with van der Waals surface area (Å²) in [4.78, 5) is 28.1. The Morgan fingerprint density at radius 2 is 1.94 bits per heavy atom. The molecule has 0 saturated heterocycles. The van der Waals surface area contributed by atoms with E-state index in [-0.39, 0.29) is 17.9 Å². The van der Waals surface area contributed by atoms with Gasteiger partial charge in [0, 0.05) is 24.7 Å². The van der Waals surface area contributed by atoms with Crippen LogP contribution in [0.2, 0.25) is 0 Å². The molecule has 12 heteroatoms. The third-order valence-corrected chi connectivity index (χ3v) is 4.56. The molecule has 1 aliphatic rings. The number of para-hydroxylation sites is 1. The molecule has 1 aliphatic heterocycles. The van der Waals surface area contributed by atoms with Crippen molar-refractivity contribution in [1.29, 1.82) is 0 Å². The van der Waals surface area contributed by atoms with E-state index in [1.54, 1.807) is 13.4 Å². The van der Waals surface area contributed by atoms with E-state index in [1.165, 1.54) is 0 Å². The van der Waals surface area contributed by atoms with Gasteiger partial charge < -0.3 is 15.2 Å². The first-order chi connectivity index (χ1) is 15.0. The summed E-state index contributed by atoms with van der Waals surface area (Å²) in [6.07, 6.45) is -3.53. The number of alkyl halides is 3. The van der Waals surface area contributed by atoms with Crippen LogP contribution in [0, 0.1) is 5.92 Å². The minimum absolute atomic E-state index is 0.0587. The lowest BCUT2D eigenvalue weighted by Crippen LogP contribution is -2.41. The maximum absolute atomic E-state index is 12.6. The molecule has 0 bridgehead atoms. The summed E-state index contributed by atoms with van der Waals surface area (Å²) in [5.41, 5.74) is 1.10. The minimum Gasteiger partial charge on any atom is -0.496 e. The summed E-state index contributed by atoms with van der Waals surface area (Å²) in [6.45, 7) is 6.51. The molecule has 1 atom stereocenters. The molecule has 0 aliphatic carbocycles. The van der Waals surface area contributed by atoms with Crippen molar-refractivity contribution in [2.24, 2.45) is 5.92 Å². The Balaban J connectivity index is 0.000000451. The number of halogens is 3. The van der Waals surface area contributed by atoms with Crippen molar-refractivity contribution in [2.75, 3.05) is 13.7 Å². The number of benzene rings is 1. The number of hydrogen-bond donors (Lipinski definition) is 2. The van der Waals surface area contributed by atoms with Gasteiger partial charge in [-0.2, -0.15) is 18.3 Å². The molecule has 2 N–H and O–H groups in total. The van der Waals surface area contributed by atoms with Crippen molar-refractivity contribution in [2.45, 2.75) is 45.7 Å². The molecule has 1 aromatic heterocycles. The molecule has 1 amide bonds. The molecule has 0 radical (unpaired) electrons. The van der Waals surface area contributed by atoms with E-state index in [0.29, 0.717) is 26.2 Å². The highest BCUT2D eigenvalue weighted by molar-refractivity contribution is 5.79. The maximum Gasteiger partial charge on any atom is 0.490 e. The van der Waals surface area contributed by atoms with E-state index in [0.717, 1.165) is 17.1 Å². The molecular weight excluding hydrogens is 431 g/mol. The second-order valence-electron chi connectivity index (χ2n) is 7.50. The molecule has 0 saturated carbocycles. The lowest BCUT2D eigenvalue weighted by molar-refractivity contribution is -0.192. The topological polar surface area (TPSA) is 110 Å². The Hall–Kier alpha value is -3.15. The van der Waals surface area contributed by atoms with Gasteiger partial charge in [-0.15, -0.1) is 0 Å². The van der Waals surface area contributed by atoms with Crippen LogP contribution < -0.4 is 10.1 Å². The Morgan fingerprint density at radius 3 is 2.53 bits per heavy atom. The highest BCUT2D eigenvalue weighted by atomic mass is 19.4. The molecule has 32 heavy (non-hydrogen) atoms. The summed E-state index contributed by atoms with van der Waals surface area (Å²) in [5, 5.41) is 14.4. The molecule has 2 heterocycles. The van der Waals surface area contributed by atoms with Gasteiger partial charge in [0.05, 0.1) is 26.1 Å². The molecule has 1 aromatic carbocycles. The van der Waals surface area contributed by atoms with E-state index in [4.69, 9.17) is 14.6 Å². The maximum atomic E-state index is 12.6. The van der Waals surface area contributed by atoms with Gasteiger partial charge in [0.2, 0.25) is 5.91 Å². The zero-order valence-electron chi connectivity index (χ0n) is 18.0. The molecule has 176 valence electrons. The summed E-state index contributed by atoms with van der Waals surface area (Å²) in [6, 6.07) is 8.09. The third-order valence-electron chi connectivity index (χ3n) is 4.56. The number of nitrogens with zero attached hydrogens (tertiary/aromatic N) is 4. The normalized spacial score (nSPS) is 16.4. The van der Waals surface area contributed by atoms with Crippen LogP contribution in [0.15, 0.2) is 30.6 Å². The first-order valence-electron chi connectivity index (χ1n) is 9.82. The summed E-state index contributed by atoms with van der Waals surface area (Å²) < 4.78 is 39.0. The van der Waals surface area contributed by atoms with Crippen molar-refractivity contribution in [3.63, 3.8) is 0 Å². The van der Waals surface area contributed by atoms with Crippen LogP contribution in [0.4, 0.5) is 13.2 Å². The standard InChI is InChI=1S/C18H25N5O2.C2HF3O2/c1-13(2)21-18(24)15-9-22(11-17-19-12-20-23(17)10-15)8-14-6-4-5-7-16(14)25-3;3-2(4,5)1(6)7/h4-7,12-13,15H,8-11H2,1-3H3,(H,21,24);(H,6,7). The fraction of sp³-hybridized carbons (Fsp3) is 0.500. The van der Waals surface area contributed by atoms with Gasteiger partial charge in [-0.3, -0.25) is 9.69 Å². The van der Waals surface area contributed by atoms with Crippen molar-refractivity contribution < 1.29 is 32.6 Å². The van der Waals surface area contributed by atoms with Crippen LogP contribution in [0.3, 0.4) is 0 Å². The van der Waals surface area contributed by atoms with Gasteiger partial charge in [0.15, 0.2) is 0 Å². The predicted octanol–water partition coefficient (Wildman–Crippen LogP) is 2.08. The number of carboxylic acid groups (broad SMARTS) is 1. The fourth-order valence-corrected chi connectivity index (χ4v) is 3.17. The molecular formula is C20H26F3N5O4. The number of hydrogen-bond acceptors (Lipinski definition) is 6. The largest absolute Gasteiger partial charge is 0.496 e. The summed E-state index contributed by atoms with van der Waals surface area (Å²) in [5.74, 6) is -1.12. The average molecular weight is 457 g/mol. The van der Waals surface area contributed by atoms with E-state index < -0.39 is 12.1 Å². The van der Waals surface area contributed by atoms with Crippen LogP contribution in [0.1, 0.15) is 25.2 Å². The van der Waals surface area contributed by atoms with E-state index in [1.807, 2.05) is 36.7 Å². The number of aromatic nitrogens is 3. The highest BCUT2D eigenvalue weighted by Crippen LogP contribution is 2.22. The van der Waals surface area contributed by atoms with Gasteiger partial charge >= 0.3 is 12.1 Å². The number of amides is 1. The molecule has 2 aromatic rings. The molecule has 0 fully saturated rings. The quantitative estimate of drug-likeness (QED) is 0.708. The van der Waals surface area contributed by atoms with Gasteiger partial charge in [0.1, 0.15) is 17.9 Å². The van der Waals surface area contributed by atoms with Crippen molar-refractivity contribution in [1.82, 2.24) is 25.0 Å². The van der Waals surface area contributed by atoms with Gasteiger partial charge in [-0.05, 0) is 19.9 Å². The van der Waals surface area contributed by atoms with Crippen molar-refractivity contribution >= 4 is 11.9 Å². The van der Waals surface area contributed by atoms with Crippen LogP contribution >= 0.6 is 0 Å². The second kappa shape index (κ2) is 10.9. The smallest absolute Gasteiger partial charge is 0.490 e. The minimum atomic E-state index is -5.08. The number of aliphatic carboxylic acids is 1. The monoisotopic (exact) mass is 457 g/mol. The van der Waals surface area contributed by atoms with Crippen LogP contribution in [-0.2, 0) is 29.2 Å². The van der Waals surface area contributed by atoms with E-state index in [2.05, 4.69) is 26.4 Å². The lowest BCUT2D eigenvalue weighted by atomic mass is 10.1. The number of carboxylic acids is 1. The Labute approximate surface area is 183 Å². The number of carbonyl (C=O) groups is 2. The van der Waals surface area contributed by atoms with Crippen LogP contribution in [0.25, 0.3) is 0 Å². The van der Waals surface area contributed by atoms with Crippen LogP contribution in [-0.4, -0.2) is 62.5 Å². The molecule has 3 rings (SSSR count). The van der Waals surface area contributed by atoms with Gasteiger partial charge in [-0.25, -0.2) is 14.5 Å². The second-order valence-corrected chi connectivity index (χ2v) is 7.50. The molecule has 9 nitrogen and oxygen atoms in total. The first-order valence-corrected chi connectivity index (χ1v) is 9.82. The van der Waals surface area contributed by atoms with E-state index >= 15 is 0 Å². The number of ether oxygens (including phenoxy) is 1. The van der Waals surface area contributed by atoms with E-state index in [9.17, 15) is 18.0 Å². The Bertz CT molecular complexity index is 917. The first kappa shape index (κ1) is 25.1. The Morgan fingerprint density at radius 1 is 1.28 bits per heavy atom. The lowest BCUT2D eigenvalue weighted by Gasteiger charge is -2.24. The Kier molecular flexibility index (Phi) is 8.58. The highest BCUT2D eigenvalue weighted by Gasteiger charge is 2.38. The van der Waals surface area contributed by atoms with Crippen LogP contribution in [0.5, 0.6) is 5.75 Å². The van der Waals surface area contributed by atoms with Crippen molar-refractivity contribution in [3.05, 3.63) is 42.0 Å².